The highest BCUT2D eigenvalue weighted by atomic mass is 79.9. The number of carbonyl (C=O) groups excluding carboxylic acids is 1. The number of anilines is 1. The van der Waals surface area contributed by atoms with Gasteiger partial charge in [-0.05, 0) is 22.0 Å². The summed E-state index contributed by atoms with van der Waals surface area (Å²) in [5, 5.41) is 2.69. The highest BCUT2D eigenvalue weighted by Crippen LogP contribution is 2.16. The fourth-order valence-electron chi connectivity index (χ4n) is 1.21. The lowest BCUT2D eigenvalue weighted by atomic mass is 10.3. The second-order valence-electron chi connectivity index (χ2n) is 3.18. The van der Waals surface area contributed by atoms with Crippen molar-refractivity contribution in [1.82, 2.24) is 4.98 Å². The van der Waals surface area contributed by atoms with Crippen LogP contribution in [-0.2, 0) is 0 Å². The highest BCUT2D eigenvalue weighted by molar-refractivity contribution is 9.10. The van der Waals surface area contributed by atoms with Crippen LogP contribution in [0.15, 0.2) is 39.7 Å². The number of rotatable bonds is 3. The van der Waals surface area contributed by atoms with Crippen LogP contribution in [-0.4, -0.2) is 18.0 Å². The van der Waals surface area contributed by atoms with Crippen molar-refractivity contribution in [2.24, 2.45) is 0 Å². The first-order valence-electron chi connectivity index (χ1n) is 4.74. The summed E-state index contributed by atoms with van der Waals surface area (Å²) < 4.78 is 10.4. The van der Waals surface area contributed by atoms with Crippen molar-refractivity contribution in [1.29, 1.82) is 0 Å². The van der Waals surface area contributed by atoms with Crippen LogP contribution in [0.1, 0.15) is 10.4 Å². The molecule has 0 spiro atoms. The third-order valence-corrected chi connectivity index (χ3v) is 2.45. The monoisotopic (exact) mass is 296 g/mol. The molecule has 0 aliphatic heterocycles. The van der Waals surface area contributed by atoms with Gasteiger partial charge in [0, 0.05) is 12.1 Å². The van der Waals surface area contributed by atoms with Gasteiger partial charge in [0.15, 0.2) is 4.67 Å². The molecule has 0 aliphatic rings. The number of ether oxygens (including phenoxy) is 1. The third-order valence-electron chi connectivity index (χ3n) is 2.03. The normalized spacial score (nSPS) is 10.0. The second kappa shape index (κ2) is 5.01. The second-order valence-corrected chi connectivity index (χ2v) is 3.96. The van der Waals surface area contributed by atoms with E-state index in [4.69, 9.17) is 9.15 Å². The highest BCUT2D eigenvalue weighted by Gasteiger charge is 2.09. The Kier molecular flexibility index (Phi) is 3.43. The molecule has 6 heteroatoms. The summed E-state index contributed by atoms with van der Waals surface area (Å²) in [6.45, 7) is 0. The lowest BCUT2D eigenvalue weighted by molar-refractivity contribution is 0.102. The van der Waals surface area contributed by atoms with Gasteiger partial charge in [-0.2, -0.15) is 0 Å². The molecule has 0 radical (unpaired) electrons. The van der Waals surface area contributed by atoms with Gasteiger partial charge in [-0.25, -0.2) is 4.98 Å². The van der Waals surface area contributed by atoms with Gasteiger partial charge in [-0.3, -0.25) is 4.79 Å². The summed E-state index contributed by atoms with van der Waals surface area (Å²) in [6, 6.07) is 4.96. The van der Waals surface area contributed by atoms with E-state index in [0.717, 1.165) is 0 Å². The van der Waals surface area contributed by atoms with Crippen LogP contribution in [0.5, 0.6) is 5.88 Å². The molecule has 0 atom stereocenters. The maximum atomic E-state index is 11.7. The van der Waals surface area contributed by atoms with Crippen molar-refractivity contribution in [2.75, 3.05) is 12.4 Å². The van der Waals surface area contributed by atoms with Gasteiger partial charge in [0.05, 0.1) is 24.6 Å². The minimum atomic E-state index is -0.258. The average Bonchev–Trinajstić information content (AvgIpc) is 2.77. The Hall–Kier alpha value is -1.82. The Balaban J connectivity index is 2.07. The van der Waals surface area contributed by atoms with Gasteiger partial charge < -0.3 is 14.5 Å². The van der Waals surface area contributed by atoms with E-state index in [2.05, 4.69) is 26.2 Å². The van der Waals surface area contributed by atoms with E-state index in [9.17, 15) is 4.79 Å². The van der Waals surface area contributed by atoms with E-state index in [-0.39, 0.29) is 5.91 Å². The number of furan rings is 1. The van der Waals surface area contributed by atoms with Crippen molar-refractivity contribution >= 4 is 27.5 Å². The molecule has 5 nitrogen and oxygen atoms in total. The van der Waals surface area contributed by atoms with Crippen LogP contribution < -0.4 is 10.1 Å². The Labute approximate surface area is 106 Å². The largest absolute Gasteiger partial charge is 0.481 e. The van der Waals surface area contributed by atoms with Crippen LogP contribution >= 0.6 is 15.9 Å². The predicted octanol–water partition coefficient (Wildman–Crippen LogP) is 2.70. The van der Waals surface area contributed by atoms with Crippen molar-refractivity contribution < 1.29 is 13.9 Å². The Morgan fingerprint density at radius 3 is 2.88 bits per heavy atom. The first-order valence-corrected chi connectivity index (χ1v) is 5.54. The van der Waals surface area contributed by atoms with Gasteiger partial charge in [0.1, 0.15) is 6.26 Å². The van der Waals surface area contributed by atoms with Crippen molar-refractivity contribution in [3.63, 3.8) is 0 Å². The number of methoxy groups -OCH3 is 1. The fourth-order valence-corrected chi connectivity index (χ4v) is 1.55. The molecular weight excluding hydrogens is 288 g/mol. The summed E-state index contributed by atoms with van der Waals surface area (Å²) in [6.07, 6.45) is 2.89. The minimum absolute atomic E-state index is 0.258. The fraction of sp³-hybridized carbons (Fsp3) is 0.0909. The maximum Gasteiger partial charge on any atom is 0.259 e. The molecule has 0 bridgehead atoms. The number of halogens is 1. The van der Waals surface area contributed by atoms with Gasteiger partial charge >= 0.3 is 0 Å². The number of aromatic nitrogens is 1. The van der Waals surface area contributed by atoms with Crippen LogP contribution in [0.25, 0.3) is 0 Å². The van der Waals surface area contributed by atoms with E-state index in [1.54, 1.807) is 18.2 Å². The summed E-state index contributed by atoms with van der Waals surface area (Å²) >= 11 is 3.13. The molecule has 17 heavy (non-hydrogen) atoms. The van der Waals surface area contributed by atoms with Crippen LogP contribution in [0, 0.1) is 0 Å². The Morgan fingerprint density at radius 2 is 2.35 bits per heavy atom. The summed E-state index contributed by atoms with van der Waals surface area (Å²) in [7, 11) is 1.53. The standard InChI is InChI=1S/C11H9BrN2O3/c1-16-10-3-2-8(5-13-10)14-11(15)7-4-9(12)17-6-7/h2-6H,1H3,(H,14,15). The third kappa shape index (κ3) is 2.85. The van der Waals surface area contributed by atoms with Crippen molar-refractivity contribution in [3.8, 4) is 5.88 Å². The van der Waals surface area contributed by atoms with E-state index in [1.807, 2.05) is 0 Å². The molecule has 0 saturated carbocycles. The molecule has 0 fully saturated rings. The van der Waals surface area contributed by atoms with Crippen molar-refractivity contribution in [2.45, 2.75) is 0 Å². The maximum absolute atomic E-state index is 11.7. The number of carbonyl (C=O) groups is 1. The summed E-state index contributed by atoms with van der Waals surface area (Å²) in [4.78, 5) is 15.7. The number of nitrogens with one attached hydrogen (secondary N) is 1. The SMILES string of the molecule is COc1ccc(NC(=O)c2coc(Br)c2)cn1. The molecule has 2 aromatic rings. The first kappa shape index (κ1) is 11.7. The minimum Gasteiger partial charge on any atom is -0.481 e. The summed E-state index contributed by atoms with van der Waals surface area (Å²) in [5.74, 6) is 0.237. The molecule has 88 valence electrons. The average molecular weight is 297 g/mol. The lowest BCUT2D eigenvalue weighted by Crippen LogP contribution is -2.10. The van der Waals surface area contributed by atoms with E-state index >= 15 is 0 Å². The molecule has 0 unspecified atom stereocenters. The Morgan fingerprint density at radius 1 is 1.53 bits per heavy atom. The van der Waals surface area contributed by atoms with Crippen molar-refractivity contribution in [3.05, 3.63) is 40.9 Å². The zero-order chi connectivity index (χ0) is 12.3. The van der Waals surface area contributed by atoms with Gasteiger partial charge in [-0.1, -0.05) is 0 Å². The quantitative estimate of drug-likeness (QED) is 0.946. The predicted molar refractivity (Wildman–Crippen MR) is 65.2 cm³/mol. The zero-order valence-corrected chi connectivity index (χ0v) is 10.5. The number of amides is 1. The smallest absolute Gasteiger partial charge is 0.259 e. The lowest BCUT2D eigenvalue weighted by Gasteiger charge is -2.03. The molecule has 0 aliphatic carbocycles. The number of pyridine rings is 1. The molecule has 0 saturated heterocycles. The van der Waals surface area contributed by atoms with Gasteiger partial charge in [-0.15, -0.1) is 0 Å². The Bertz CT molecular complexity index is 522. The molecule has 1 amide bonds. The molecule has 2 rings (SSSR count). The number of hydrogen-bond donors (Lipinski definition) is 1. The van der Waals surface area contributed by atoms with E-state index in [0.29, 0.717) is 21.8 Å². The zero-order valence-electron chi connectivity index (χ0n) is 8.94. The van der Waals surface area contributed by atoms with Crippen LogP contribution in [0.2, 0.25) is 0 Å². The molecule has 1 N–H and O–H groups in total. The van der Waals surface area contributed by atoms with E-state index in [1.165, 1.54) is 19.6 Å². The molecule has 2 heterocycles. The van der Waals surface area contributed by atoms with Gasteiger partial charge in [0.2, 0.25) is 5.88 Å². The number of nitrogens with zero attached hydrogens (tertiary/aromatic N) is 1. The topological polar surface area (TPSA) is 64.4 Å². The molecular formula is C11H9BrN2O3. The van der Waals surface area contributed by atoms with Crippen LogP contribution in [0.3, 0.4) is 0 Å². The number of hydrogen-bond acceptors (Lipinski definition) is 4. The molecule has 2 aromatic heterocycles. The summed E-state index contributed by atoms with van der Waals surface area (Å²) in [5.41, 5.74) is 1.03. The van der Waals surface area contributed by atoms with Gasteiger partial charge in [0.25, 0.3) is 5.91 Å². The first-order chi connectivity index (χ1) is 8.19. The molecule has 0 aromatic carbocycles. The van der Waals surface area contributed by atoms with Crippen LogP contribution in [0.4, 0.5) is 5.69 Å². The van der Waals surface area contributed by atoms with E-state index < -0.39 is 0 Å².